The standard InChI is InChI=1S/C10H16O2/c1-2-10(11-3-1)9-5-8-4-7(9)6-12-8/h7-10H,1-6H2. The normalized spacial score (nSPS) is 52.0. The summed E-state index contributed by atoms with van der Waals surface area (Å²) < 4.78 is 11.3. The molecule has 3 rings (SSSR count). The maximum atomic E-state index is 5.73. The minimum Gasteiger partial charge on any atom is -0.378 e. The summed E-state index contributed by atoms with van der Waals surface area (Å²) in [5.74, 6) is 1.67. The zero-order valence-corrected chi connectivity index (χ0v) is 7.37. The Morgan fingerprint density at radius 2 is 2.08 bits per heavy atom. The molecule has 0 aromatic carbocycles. The number of fused-ring (bicyclic) bond motifs is 2. The molecule has 68 valence electrons. The summed E-state index contributed by atoms with van der Waals surface area (Å²) in [6.45, 7) is 2.01. The van der Waals surface area contributed by atoms with Gasteiger partial charge in [-0.3, -0.25) is 0 Å². The van der Waals surface area contributed by atoms with Crippen LogP contribution in [0, 0.1) is 11.8 Å². The Kier molecular flexibility index (Phi) is 1.66. The lowest BCUT2D eigenvalue weighted by Crippen LogP contribution is -2.28. The van der Waals surface area contributed by atoms with Crippen LogP contribution in [0.25, 0.3) is 0 Å². The van der Waals surface area contributed by atoms with Gasteiger partial charge in [0, 0.05) is 6.61 Å². The van der Waals surface area contributed by atoms with Gasteiger partial charge in [0.05, 0.1) is 18.8 Å². The van der Waals surface area contributed by atoms with Crippen LogP contribution in [0.3, 0.4) is 0 Å². The lowest BCUT2D eigenvalue weighted by atomic mass is 9.89. The maximum Gasteiger partial charge on any atom is 0.0608 e. The van der Waals surface area contributed by atoms with E-state index in [0.717, 1.165) is 25.0 Å². The van der Waals surface area contributed by atoms with Gasteiger partial charge < -0.3 is 9.47 Å². The third-order valence-corrected chi connectivity index (χ3v) is 3.69. The van der Waals surface area contributed by atoms with E-state index in [9.17, 15) is 0 Å². The minimum atomic E-state index is 0.587. The molecule has 3 fully saturated rings. The molecule has 4 atom stereocenters. The molecule has 2 aliphatic heterocycles. The molecular weight excluding hydrogens is 152 g/mol. The number of hydrogen-bond acceptors (Lipinski definition) is 2. The van der Waals surface area contributed by atoms with Gasteiger partial charge in [0.1, 0.15) is 0 Å². The molecular formula is C10H16O2. The van der Waals surface area contributed by atoms with Crippen molar-refractivity contribution in [3.63, 3.8) is 0 Å². The fourth-order valence-electron chi connectivity index (χ4n) is 3.09. The van der Waals surface area contributed by atoms with E-state index in [1.54, 1.807) is 0 Å². The molecule has 3 aliphatic rings. The molecule has 0 amide bonds. The van der Waals surface area contributed by atoms with Gasteiger partial charge in [0.2, 0.25) is 0 Å². The van der Waals surface area contributed by atoms with E-state index in [1.165, 1.54) is 25.7 Å². The average molecular weight is 168 g/mol. The first-order valence-electron chi connectivity index (χ1n) is 5.16. The van der Waals surface area contributed by atoms with Crippen LogP contribution in [0.15, 0.2) is 0 Å². The molecule has 0 spiro atoms. The SMILES string of the molecule is C1COC(C2CC3CC2CO3)C1. The molecule has 0 radical (unpaired) electrons. The van der Waals surface area contributed by atoms with Crippen LogP contribution in [0.2, 0.25) is 0 Å². The largest absolute Gasteiger partial charge is 0.378 e. The monoisotopic (exact) mass is 168 g/mol. The molecule has 1 saturated carbocycles. The summed E-state index contributed by atoms with van der Waals surface area (Å²) in [4.78, 5) is 0. The fourth-order valence-corrected chi connectivity index (χ4v) is 3.09. The molecule has 2 bridgehead atoms. The first kappa shape index (κ1) is 7.34. The minimum absolute atomic E-state index is 0.587. The van der Waals surface area contributed by atoms with Crippen LogP contribution in [0.1, 0.15) is 25.7 Å². The van der Waals surface area contributed by atoms with Crippen LogP contribution in [-0.2, 0) is 9.47 Å². The van der Waals surface area contributed by atoms with E-state index in [4.69, 9.17) is 9.47 Å². The lowest BCUT2D eigenvalue weighted by molar-refractivity contribution is -0.0111. The second kappa shape index (κ2) is 2.71. The predicted molar refractivity (Wildman–Crippen MR) is 44.9 cm³/mol. The summed E-state index contributed by atoms with van der Waals surface area (Å²) in [6, 6.07) is 0. The Balaban J connectivity index is 1.69. The van der Waals surface area contributed by atoms with Crippen molar-refractivity contribution in [2.75, 3.05) is 13.2 Å². The van der Waals surface area contributed by atoms with Crippen LogP contribution in [-0.4, -0.2) is 25.4 Å². The van der Waals surface area contributed by atoms with Crippen molar-refractivity contribution >= 4 is 0 Å². The first-order chi connectivity index (χ1) is 5.93. The van der Waals surface area contributed by atoms with Crippen molar-refractivity contribution in [2.24, 2.45) is 11.8 Å². The Bertz CT molecular complexity index is 175. The second-order valence-electron chi connectivity index (χ2n) is 4.40. The van der Waals surface area contributed by atoms with E-state index < -0.39 is 0 Å². The van der Waals surface area contributed by atoms with Gasteiger partial charge in [-0.15, -0.1) is 0 Å². The topological polar surface area (TPSA) is 18.5 Å². The maximum absolute atomic E-state index is 5.73. The van der Waals surface area contributed by atoms with Crippen molar-refractivity contribution in [2.45, 2.75) is 37.9 Å². The molecule has 2 saturated heterocycles. The summed E-state index contributed by atoms with van der Waals surface area (Å²) in [5, 5.41) is 0. The molecule has 0 N–H and O–H groups in total. The van der Waals surface area contributed by atoms with Gasteiger partial charge in [0.25, 0.3) is 0 Å². The number of hydrogen-bond donors (Lipinski definition) is 0. The van der Waals surface area contributed by atoms with E-state index in [1.807, 2.05) is 0 Å². The highest BCUT2D eigenvalue weighted by atomic mass is 16.5. The van der Waals surface area contributed by atoms with Crippen molar-refractivity contribution in [1.29, 1.82) is 0 Å². The highest BCUT2D eigenvalue weighted by Crippen LogP contribution is 2.44. The second-order valence-corrected chi connectivity index (χ2v) is 4.40. The molecule has 2 heteroatoms. The summed E-state index contributed by atoms with van der Waals surface area (Å²) >= 11 is 0. The molecule has 0 aromatic heterocycles. The van der Waals surface area contributed by atoms with E-state index in [0.29, 0.717) is 12.2 Å². The smallest absolute Gasteiger partial charge is 0.0608 e. The Morgan fingerprint density at radius 3 is 2.67 bits per heavy atom. The van der Waals surface area contributed by atoms with E-state index >= 15 is 0 Å². The molecule has 2 heterocycles. The summed E-state index contributed by atoms with van der Waals surface area (Å²) in [6.07, 6.45) is 6.33. The summed E-state index contributed by atoms with van der Waals surface area (Å²) in [5.41, 5.74) is 0. The average Bonchev–Trinajstić information content (AvgIpc) is 2.81. The molecule has 0 aromatic rings. The highest BCUT2D eigenvalue weighted by Gasteiger charge is 2.45. The van der Waals surface area contributed by atoms with Gasteiger partial charge in [0.15, 0.2) is 0 Å². The van der Waals surface area contributed by atoms with Crippen LogP contribution < -0.4 is 0 Å². The van der Waals surface area contributed by atoms with Crippen molar-refractivity contribution < 1.29 is 9.47 Å². The predicted octanol–water partition coefficient (Wildman–Crippen LogP) is 1.59. The van der Waals surface area contributed by atoms with Crippen molar-refractivity contribution in [3.05, 3.63) is 0 Å². The molecule has 12 heavy (non-hydrogen) atoms. The van der Waals surface area contributed by atoms with Crippen molar-refractivity contribution in [3.8, 4) is 0 Å². The van der Waals surface area contributed by atoms with E-state index in [2.05, 4.69) is 0 Å². The highest BCUT2D eigenvalue weighted by molar-refractivity contribution is 4.93. The third kappa shape index (κ3) is 1.01. The Labute approximate surface area is 73.2 Å². The lowest BCUT2D eigenvalue weighted by Gasteiger charge is -2.26. The van der Waals surface area contributed by atoms with Crippen LogP contribution in [0.4, 0.5) is 0 Å². The van der Waals surface area contributed by atoms with Gasteiger partial charge in [-0.25, -0.2) is 0 Å². The summed E-state index contributed by atoms with van der Waals surface area (Å²) in [7, 11) is 0. The molecule has 4 unspecified atom stereocenters. The molecule has 2 nitrogen and oxygen atoms in total. The zero-order chi connectivity index (χ0) is 7.97. The third-order valence-electron chi connectivity index (χ3n) is 3.69. The fraction of sp³-hybridized carbons (Fsp3) is 1.00. The zero-order valence-electron chi connectivity index (χ0n) is 7.37. The van der Waals surface area contributed by atoms with Gasteiger partial charge in [-0.05, 0) is 37.5 Å². The van der Waals surface area contributed by atoms with Crippen molar-refractivity contribution in [1.82, 2.24) is 0 Å². The number of rotatable bonds is 1. The Morgan fingerprint density at radius 1 is 1.08 bits per heavy atom. The quantitative estimate of drug-likeness (QED) is 0.592. The molecule has 1 aliphatic carbocycles. The Hall–Kier alpha value is -0.0800. The van der Waals surface area contributed by atoms with Gasteiger partial charge >= 0.3 is 0 Å². The van der Waals surface area contributed by atoms with Gasteiger partial charge in [-0.1, -0.05) is 0 Å². The van der Waals surface area contributed by atoms with Gasteiger partial charge in [-0.2, -0.15) is 0 Å². The van der Waals surface area contributed by atoms with Crippen LogP contribution >= 0.6 is 0 Å². The first-order valence-corrected chi connectivity index (χ1v) is 5.16. The van der Waals surface area contributed by atoms with Crippen LogP contribution in [0.5, 0.6) is 0 Å². The van der Waals surface area contributed by atoms with E-state index in [-0.39, 0.29) is 0 Å². The number of ether oxygens (including phenoxy) is 2.